The summed E-state index contributed by atoms with van der Waals surface area (Å²) in [5, 5.41) is 26.6. The predicted molar refractivity (Wildman–Crippen MR) is 77.8 cm³/mol. The van der Waals surface area contributed by atoms with Crippen LogP contribution in [0.2, 0.25) is 5.02 Å². The zero-order valence-electron chi connectivity index (χ0n) is 10.3. The zero-order valence-corrected chi connectivity index (χ0v) is 11.1. The minimum atomic E-state index is -0.162. The molecule has 0 aliphatic carbocycles. The third-order valence-corrected chi connectivity index (χ3v) is 3.35. The summed E-state index contributed by atoms with van der Waals surface area (Å²) in [6, 6.07) is 12.4. The Labute approximate surface area is 120 Å². The molecule has 3 rings (SSSR count). The fraction of sp³-hybridized carbons (Fsp3) is 0. The Bertz CT molecular complexity index is 754. The minimum absolute atomic E-state index is 0.0730. The molecule has 4 nitrogen and oxygen atoms in total. The van der Waals surface area contributed by atoms with E-state index in [0.29, 0.717) is 11.3 Å². The molecular weight excluding hydrogens is 276 g/mol. The van der Waals surface area contributed by atoms with Gasteiger partial charge in [-0.05, 0) is 11.6 Å². The van der Waals surface area contributed by atoms with Crippen LogP contribution in [0.4, 0.5) is 0 Å². The van der Waals surface area contributed by atoms with Crippen molar-refractivity contribution in [3.05, 3.63) is 53.7 Å². The highest BCUT2D eigenvalue weighted by molar-refractivity contribution is 6.32. The lowest BCUT2D eigenvalue weighted by atomic mass is 10.0. The molecule has 2 aromatic carbocycles. The van der Waals surface area contributed by atoms with Gasteiger partial charge >= 0.3 is 0 Å². The highest BCUT2D eigenvalue weighted by Gasteiger charge is 2.16. The van der Waals surface area contributed by atoms with Crippen LogP contribution in [0.5, 0.6) is 11.5 Å². The molecule has 0 fully saturated rings. The highest BCUT2D eigenvalue weighted by Crippen LogP contribution is 2.40. The summed E-state index contributed by atoms with van der Waals surface area (Å²) in [4.78, 5) is 0. The van der Waals surface area contributed by atoms with Crippen molar-refractivity contribution in [3.8, 4) is 33.9 Å². The quantitative estimate of drug-likeness (QED) is 0.671. The first-order valence-electron chi connectivity index (χ1n) is 5.98. The number of aromatic amines is 1. The van der Waals surface area contributed by atoms with Crippen molar-refractivity contribution in [1.82, 2.24) is 10.2 Å². The third-order valence-electron chi connectivity index (χ3n) is 3.05. The van der Waals surface area contributed by atoms with Crippen LogP contribution in [0.15, 0.2) is 48.7 Å². The Morgan fingerprint density at radius 1 is 0.950 bits per heavy atom. The topological polar surface area (TPSA) is 69.1 Å². The summed E-state index contributed by atoms with van der Waals surface area (Å²) >= 11 is 5.90. The Morgan fingerprint density at radius 3 is 2.45 bits per heavy atom. The molecule has 0 bridgehead atoms. The molecule has 0 aliphatic heterocycles. The Hall–Kier alpha value is -2.46. The lowest BCUT2D eigenvalue weighted by molar-refractivity contribution is 0.452. The number of benzene rings is 2. The predicted octanol–water partition coefficient (Wildman–Crippen LogP) is 3.81. The molecule has 3 N–H and O–H groups in total. The van der Waals surface area contributed by atoms with Crippen LogP contribution < -0.4 is 0 Å². The molecular formula is C15H11ClN2O2. The number of nitrogens with one attached hydrogen (secondary N) is 1. The van der Waals surface area contributed by atoms with Crippen LogP contribution in [0.1, 0.15) is 0 Å². The smallest absolute Gasteiger partial charge is 0.137 e. The van der Waals surface area contributed by atoms with Crippen molar-refractivity contribution in [2.24, 2.45) is 0 Å². The number of phenols is 2. The molecule has 3 aromatic rings. The fourth-order valence-electron chi connectivity index (χ4n) is 2.07. The van der Waals surface area contributed by atoms with Gasteiger partial charge in [0.2, 0.25) is 0 Å². The van der Waals surface area contributed by atoms with Gasteiger partial charge in [-0.15, -0.1) is 0 Å². The van der Waals surface area contributed by atoms with Crippen LogP contribution >= 0.6 is 11.6 Å². The van der Waals surface area contributed by atoms with E-state index in [1.807, 2.05) is 30.3 Å². The van der Waals surface area contributed by atoms with Crippen LogP contribution in [0.25, 0.3) is 22.4 Å². The molecule has 0 aliphatic rings. The largest absolute Gasteiger partial charge is 0.507 e. The number of aromatic nitrogens is 2. The van der Waals surface area contributed by atoms with E-state index in [2.05, 4.69) is 10.2 Å². The summed E-state index contributed by atoms with van der Waals surface area (Å²) in [7, 11) is 0. The van der Waals surface area contributed by atoms with Gasteiger partial charge in [0.25, 0.3) is 0 Å². The maximum atomic E-state index is 9.99. The number of phenolic OH excluding ortho intramolecular Hbond substituents is 2. The first-order chi connectivity index (χ1) is 9.66. The van der Waals surface area contributed by atoms with Crippen molar-refractivity contribution in [2.75, 3.05) is 0 Å². The second-order valence-electron chi connectivity index (χ2n) is 4.33. The Morgan fingerprint density at radius 2 is 1.70 bits per heavy atom. The van der Waals surface area contributed by atoms with Gasteiger partial charge in [0, 0.05) is 23.4 Å². The average Bonchev–Trinajstić information content (AvgIpc) is 2.93. The molecule has 0 radical (unpaired) electrons. The van der Waals surface area contributed by atoms with E-state index in [0.717, 1.165) is 11.1 Å². The van der Waals surface area contributed by atoms with Gasteiger partial charge in [-0.2, -0.15) is 5.10 Å². The van der Waals surface area contributed by atoms with Gasteiger partial charge in [0.15, 0.2) is 0 Å². The number of aromatic hydroxyl groups is 2. The zero-order chi connectivity index (χ0) is 14.1. The number of rotatable bonds is 2. The maximum Gasteiger partial charge on any atom is 0.137 e. The summed E-state index contributed by atoms with van der Waals surface area (Å²) in [6.07, 6.45) is 1.75. The lowest BCUT2D eigenvalue weighted by Gasteiger charge is -2.07. The van der Waals surface area contributed by atoms with E-state index in [-0.39, 0.29) is 16.5 Å². The van der Waals surface area contributed by atoms with Crippen LogP contribution in [-0.2, 0) is 0 Å². The van der Waals surface area contributed by atoms with E-state index < -0.39 is 0 Å². The second kappa shape index (κ2) is 4.90. The number of halogens is 1. The van der Waals surface area contributed by atoms with Gasteiger partial charge in [0.05, 0.1) is 5.02 Å². The van der Waals surface area contributed by atoms with Crippen LogP contribution in [0, 0.1) is 0 Å². The van der Waals surface area contributed by atoms with Crippen molar-refractivity contribution >= 4 is 11.6 Å². The Balaban J connectivity index is 2.18. The molecule has 0 amide bonds. The molecule has 1 aromatic heterocycles. The highest BCUT2D eigenvalue weighted by atomic mass is 35.5. The van der Waals surface area contributed by atoms with Gasteiger partial charge < -0.3 is 10.2 Å². The second-order valence-corrected chi connectivity index (χ2v) is 4.74. The fourth-order valence-corrected chi connectivity index (χ4v) is 2.24. The molecule has 0 atom stereocenters. The SMILES string of the molecule is Oc1cc(O)c(-c2n[nH]cc2-c2ccccc2)cc1Cl. The van der Waals surface area contributed by atoms with E-state index >= 15 is 0 Å². The summed E-state index contributed by atoms with van der Waals surface area (Å²) in [5.74, 6) is -0.235. The molecule has 0 saturated carbocycles. The van der Waals surface area contributed by atoms with Crippen molar-refractivity contribution in [3.63, 3.8) is 0 Å². The summed E-state index contributed by atoms with van der Waals surface area (Å²) in [6.45, 7) is 0. The molecule has 0 saturated heterocycles. The lowest BCUT2D eigenvalue weighted by Crippen LogP contribution is -1.84. The van der Waals surface area contributed by atoms with Crippen LogP contribution in [-0.4, -0.2) is 20.4 Å². The molecule has 0 unspecified atom stereocenters. The number of hydrogen-bond donors (Lipinski definition) is 3. The summed E-state index contributed by atoms with van der Waals surface area (Å²) < 4.78 is 0. The van der Waals surface area contributed by atoms with E-state index in [4.69, 9.17) is 11.6 Å². The summed E-state index contributed by atoms with van der Waals surface area (Å²) in [5.41, 5.74) is 2.87. The Kier molecular flexibility index (Phi) is 3.08. The average molecular weight is 287 g/mol. The maximum absolute atomic E-state index is 9.99. The van der Waals surface area contributed by atoms with Gasteiger partial charge in [-0.3, -0.25) is 5.10 Å². The first kappa shape index (κ1) is 12.6. The van der Waals surface area contributed by atoms with Gasteiger partial charge in [-0.1, -0.05) is 41.9 Å². The number of hydrogen-bond acceptors (Lipinski definition) is 3. The number of H-pyrrole nitrogens is 1. The third kappa shape index (κ3) is 2.10. The van der Waals surface area contributed by atoms with E-state index in [1.54, 1.807) is 6.20 Å². The number of nitrogens with zero attached hydrogens (tertiary/aromatic N) is 1. The van der Waals surface area contributed by atoms with Crippen molar-refractivity contribution in [1.29, 1.82) is 0 Å². The standard InChI is InChI=1S/C15H11ClN2O2/c16-12-6-10(13(19)7-14(12)20)15-11(8-17-18-15)9-4-2-1-3-5-9/h1-8,19-20H,(H,17,18). The van der Waals surface area contributed by atoms with Gasteiger partial charge in [0.1, 0.15) is 17.2 Å². The normalized spacial score (nSPS) is 10.7. The molecule has 0 spiro atoms. The van der Waals surface area contributed by atoms with Crippen LogP contribution in [0.3, 0.4) is 0 Å². The monoisotopic (exact) mass is 286 g/mol. The van der Waals surface area contributed by atoms with Crippen molar-refractivity contribution in [2.45, 2.75) is 0 Å². The molecule has 5 heteroatoms. The minimum Gasteiger partial charge on any atom is -0.507 e. The van der Waals surface area contributed by atoms with E-state index in [9.17, 15) is 10.2 Å². The molecule has 1 heterocycles. The molecule has 20 heavy (non-hydrogen) atoms. The first-order valence-corrected chi connectivity index (χ1v) is 6.35. The van der Waals surface area contributed by atoms with Crippen molar-refractivity contribution < 1.29 is 10.2 Å². The van der Waals surface area contributed by atoms with Gasteiger partial charge in [-0.25, -0.2) is 0 Å². The van der Waals surface area contributed by atoms with E-state index in [1.165, 1.54) is 12.1 Å². The molecule has 100 valence electrons.